The van der Waals surface area contributed by atoms with Crippen molar-refractivity contribution in [3.63, 3.8) is 0 Å². The summed E-state index contributed by atoms with van der Waals surface area (Å²) in [7, 11) is 1.63. The summed E-state index contributed by atoms with van der Waals surface area (Å²) in [5.74, 6) is 1.19. The number of thioether (sulfide) groups is 1. The largest absolute Gasteiger partial charge is 0.497 e. The molecule has 2 aromatic carbocycles. The van der Waals surface area contributed by atoms with E-state index in [0.717, 1.165) is 38.4 Å². The third-order valence-electron chi connectivity index (χ3n) is 3.90. The van der Waals surface area contributed by atoms with Crippen molar-refractivity contribution in [2.45, 2.75) is 5.16 Å². The van der Waals surface area contributed by atoms with Gasteiger partial charge in [-0.05, 0) is 18.2 Å². The molecule has 0 unspecified atom stereocenters. The van der Waals surface area contributed by atoms with Crippen molar-refractivity contribution in [2.75, 3.05) is 12.9 Å². The fourth-order valence-electron chi connectivity index (χ4n) is 2.67. The Morgan fingerprint density at radius 1 is 1.21 bits per heavy atom. The number of carbonyl (C=O) groups is 1. The molecule has 4 aromatic rings. The standard InChI is InChI=1S/C18H15N3O2S/c1-23-11-6-7-15-16(8-11)21-18(20-15)24-10-17(22)13-9-19-14-5-3-2-4-12(13)14/h2-9,19H,10H2,1H3,(H,20,21). The van der Waals surface area contributed by atoms with Crippen LogP contribution in [0.1, 0.15) is 10.4 Å². The van der Waals surface area contributed by atoms with Crippen LogP contribution in [0.3, 0.4) is 0 Å². The highest BCUT2D eigenvalue weighted by molar-refractivity contribution is 7.99. The van der Waals surface area contributed by atoms with Crippen LogP contribution in [-0.4, -0.2) is 33.6 Å². The number of H-pyrrole nitrogens is 2. The smallest absolute Gasteiger partial charge is 0.175 e. The van der Waals surface area contributed by atoms with Crippen LogP contribution < -0.4 is 4.74 Å². The van der Waals surface area contributed by atoms with Gasteiger partial charge >= 0.3 is 0 Å². The molecule has 0 amide bonds. The number of aromatic nitrogens is 3. The summed E-state index contributed by atoms with van der Waals surface area (Å²) >= 11 is 1.40. The lowest BCUT2D eigenvalue weighted by molar-refractivity contribution is 0.102. The van der Waals surface area contributed by atoms with Gasteiger partial charge in [0.1, 0.15) is 5.75 Å². The quantitative estimate of drug-likeness (QED) is 0.426. The van der Waals surface area contributed by atoms with Crippen LogP contribution in [0.15, 0.2) is 53.8 Å². The third kappa shape index (κ3) is 2.65. The second-order valence-corrected chi connectivity index (χ2v) is 6.35. The number of methoxy groups -OCH3 is 1. The predicted molar refractivity (Wildman–Crippen MR) is 96.0 cm³/mol. The SMILES string of the molecule is COc1ccc2nc(SCC(=O)c3c[nH]c4ccccc34)[nH]c2c1. The average Bonchev–Trinajstić information content (AvgIpc) is 3.22. The van der Waals surface area contributed by atoms with Crippen molar-refractivity contribution in [2.24, 2.45) is 0 Å². The van der Waals surface area contributed by atoms with Gasteiger partial charge in [0.15, 0.2) is 10.9 Å². The topological polar surface area (TPSA) is 70.8 Å². The minimum atomic E-state index is 0.0792. The summed E-state index contributed by atoms with van der Waals surface area (Å²) in [6.07, 6.45) is 1.77. The molecule has 0 aliphatic rings. The first-order chi connectivity index (χ1) is 11.7. The summed E-state index contributed by atoms with van der Waals surface area (Å²) in [5.41, 5.74) is 3.45. The first-order valence-corrected chi connectivity index (χ1v) is 8.49. The summed E-state index contributed by atoms with van der Waals surface area (Å²) < 4.78 is 5.21. The van der Waals surface area contributed by atoms with Gasteiger partial charge in [0, 0.05) is 28.7 Å². The Hall–Kier alpha value is -2.73. The molecule has 0 radical (unpaired) electrons. The van der Waals surface area contributed by atoms with Gasteiger partial charge in [0.05, 0.1) is 23.9 Å². The van der Waals surface area contributed by atoms with E-state index in [0.29, 0.717) is 5.75 Å². The minimum Gasteiger partial charge on any atom is -0.497 e. The molecule has 4 rings (SSSR count). The van der Waals surface area contributed by atoms with Crippen molar-refractivity contribution in [1.82, 2.24) is 15.0 Å². The van der Waals surface area contributed by atoms with Crippen LogP contribution in [0.4, 0.5) is 0 Å². The Balaban J connectivity index is 1.53. The number of fused-ring (bicyclic) bond motifs is 2. The third-order valence-corrected chi connectivity index (χ3v) is 4.77. The summed E-state index contributed by atoms with van der Waals surface area (Å²) in [6.45, 7) is 0. The molecule has 0 aliphatic heterocycles. The predicted octanol–water partition coefficient (Wildman–Crippen LogP) is 4.03. The molecule has 0 saturated heterocycles. The van der Waals surface area contributed by atoms with E-state index in [2.05, 4.69) is 15.0 Å². The van der Waals surface area contributed by atoms with E-state index in [9.17, 15) is 4.79 Å². The van der Waals surface area contributed by atoms with Crippen molar-refractivity contribution >= 4 is 39.5 Å². The van der Waals surface area contributed by atoms with Gasteiger partial charge < -0.3 is 14.7 Å². The Morgan fingerprint density at radius 2 is 2.08 bits per heavy atom. The Kier molecular flexibility index (Phi) is 3.74. The summed E-state index contributed by atoms with van der Waals surface area (Å²) in [6, 6.07) is 13.5. The van der Waals surface area contributed by atoms with E-state index in [-0.39, 0.29) is 5.78 Å². The zero-order chi connectivity index (χ0) is 16.5. The van der Waals surface area contributed by atoms with Crippen LogP contribution in [0.25, 0.3) is 21.9 Å². The summed E-state index contributed by atoms with van der Waals surface area (Å²) in [5, 5.41) is 1.68. The molecule has 0 atom stereocenters. The first kappa shape index (κ1) is 14.8. The molecule has 0 saturated carbocycles. The van der Waals surface area contributed by atoms with E-state index in [1.54, 1.807) is 13.3 Å². The van der Waals surface area contributed by atoms with E-state index < -0.39 is 0 Å². The van der Waals surface area contributed by atoms with Gasteiger partial charge in [0.25, 0.3) is 0 Å². The maximum atomic E-state index is 12.5. The van der Waals surface area contributed by atoms with Crippen LogP contribution >= 0.6 is 11.8 Å². The number of nitrogens with zero attached hydrogens (tertiary/aromatic N) is 1. The Morgan fingerprint density at radius 3 is 2.96 bits per heavy atom. The molecule has 0 spiro atoms. The first-order valence-electron chi connectivity index (χ1n) is 7.50. The molecule has 0 fully saturated rings. The lowest BCUT2D eigenvalue weighted by Crippen LogP contribution is -2.01. The molecule has 6 heteroatoms. The second-order valence-electron chi connectivity index (χ2n) is 5.38. The monoisotopic (exact) mass is 337 g/mol. The average molecular weight is 337 g/mol. The number of para-hydroxylation sites is 1. The van der Waals surface area contributed by atoms with Crippen LogP contribution in [0.5, 0.6) is 5.75 Å². The van der Waals surface area contributed by atoms with Gasteiger partial charge in [-0.1, -0.05) is 30.0 Å². The van der Waals surface area contributed by atoms with Gasteiger partial charge in [-0.25, -0.2) is 4.98 Å². The maximum absolute atomic E-state index is 12.5. The highest BCUT2D eigenvalue weighted by Gasteiger charge is 2.13. The number of hydrogen-bond acceptors (Lipinski definition) is 4. The highest BCUT2D eigenvalue weighted by Crippen LogP contribution is 2.25. The molecule has 2 heterocycles. The second kappa shape index (κ2) is 6.05. The fraction of sp³-hybridized carbons (Fsp3) is 0.111. The maximum Gasteiger partial charge on any atom is 0.175 e. The number of aromatic amines is 2. The molecular weight excluding hydrogens is 322 g/mol. The van der Waals surface area contributed by atoms with Crippen molar-refractivity contribution in [3.05, 3.63) is 54.2 Å². The molecular formula is C18H15N3O2S. The number of Topliss-reactive ketones (excluding diaryl/α,β-unsaturated/α-hetero) is 1. The van der Waals surface area contributed by atoms with Crippen molar-refractivity contribution < 1.29 is 9.53 Å². The number of ether oxygens (including phenoxy) is 1. The van der Waals surface area contributed by atoms with E-state index >= 15 is 0 Å². The zero-order valence-corrected chi connectivity index (χ0v) is 13.8. The number of nitrogens with one attached hydrogen (secondary N) is 2. The molecule has 24 heavy (non-hydrogen) atoms. The Labute approximate surface area is 142 Å². The zero-order valence-electron chi connectivity index (χ0n) is 13.0. The summed E-state index contributed by atoms with van der Waals surface area (Å²) in [4.78, 5) is 23.4. The fourth-order valence-corrected chi connectivity index (χ4v) is 3.44. The molecule has 2 aromatic heterocycles. The number of rotatable bonds is 5. The number of imidazole rings is 1. The molecule has 2 N–H and O–H groups in total. The van der Waals surface area contributed by atoms with Gasteiger partial charge in [-0.3, -0.25) is 4.79 Å². The Bertz CT molecular complexity index is 1040. The van der Waals surface area contributed by atoms with Crippen molar-refractivity contribution in [3.8, 4) is 5.75 Å². The number of hydrogen-bond donors (Lipinski definition) is 2. The lowest BCUT2D eigenvalue weighted by atomic mass is 10.1. The number of benzene rings is 2. The minimum absolute atomic E-state index is 0.0792. The highest BCUT2D eigenvalue weighted by atomic mass is 32.2. The van der Waals surface area contributed by atoms with Gasteiger partial charge in [-0.15, -0.1) is 0 Å². The van der Waals surface area contributed by atoms with E-state index in [4.69, 9.17) is 4.74 Å². The van der Waals surface area contributed by atoms with Gasteiger partial charge in [0.2, 0.25) is 0 Å². The molecule has 120 valence electrons. The van der Waals surface area contributed by atoms with Gasteiger partial charge in [-0.2, -0.15) is 0 Å². The molecule has 0 aliphatic carbocycles. The van der Waals surface area contributed by atoms with Crippen LogP contribution in [0, 0.1) is 0 Å². The van der Waals surface area contributed by atoms with Crippen molar-refractivity contribution in [1.29, 1.82) is 0 Å². The lowest BCUT2D eigenvalue weighted by Gasteiger charge is -1.98. The number of ketones is 1. The molecule has 5 nitrogen and oxygen atoms in total. The number of carbonyl (C=O) groups excluding carboxylic acids is 1. The van der Waals surface area contributed by atoms with E-state index in [1.165, 1.54) is 11.8 Å². The van der Waals surface area contributed by atoms with Crippen LogP contribution in [0.2, 0.25) is 0 Å². The van der Waals surface area contributed by atoms with E-state index in [1.807, 2.05) is 42.5 Å². The normalized spacial score (nSPS) is 11.2. The molecule has 0 bridgehead atoms. The van der Waals surface area contributed by atoms with Crippen LogP contribution in [-0.2, 0) is 0 Å².